The second kappa shape index (κ2) is 4.35. The van der Waals surface area contributed by atoms with Crippen molar-refractivity contribution in [2.75, 3.05) is 12.4 Å². The molecule has 1 N–H and O–H groups in total. The Hall–Kier alpha value is -0.840. The predicted octanol–water partition coefficient (Wildman–Crippen LogP) is 3.55. The molecule has 2 rings (SSSR count). The molecule has 15 heavy (non-hydrogen) atoms. The summed E-state index contributed by atoms with van der Waals surface area (Å²) in [6.07, 6.45) is 0. The number of benzene rings is 1. The smallest absolute Gasteiger partial charge is 0.167 e. The van der Waals surface area contributed by atoms with Crippen LogP contribution in [0.1, 0.15) is 0 Å². The molecule has 0 saturated heterocycles. The first kappa shape index (κ1) is 10.7. The maximum absolute atomic E-state index is 6.07. The summed E-state index contributed by atoms with van der Waals surface area (Å²) >= 11 is 13.3. The van der Waals surface area contributed by atoms with Crippen molar-refractivity contribution in [2.24, 2.45) is 0 Å². The van der Waals surface area contributed by atoms with Crippen molar-refractivity contribution < 1.29 is 0 Å². The molecular formula is C9H7Cl2N3S. The van der Waals surface area contributed by atoms with E-state index in [-0.39, 0.29) is 0 Å². The van der Waals surface area contributed by atoms with Crippen LogP contribution < -0.4 is 5.32 Å². The molecular weight excluding hydrogens is 253 g/mol. The van der Waals surface area contributed by atoms with Gasteiger partial charge in [-0.1, -0.05) is 29.3 Å². The molecule has 3 nitrogen and oxygen atoms in total. The molecule has 1 aromatic heterocycles. The predicted molar refractivity (Wildman–Crippen MR) is 64.9 cm³/mol. The summed E-state index contributed by atoms with van der Waals surface area (Å²) < 4.78 is 8.27. The van der Waals surface area contributed by atoms with Gasteiger partial charge in [-0.05, 0) is 12.1 Å². The number of hydrogen-bond donors (Lipinski definition) is 1. The van der Waals surface area contributed by atoms with Crippen LogP contribution in [0.2, 0.25) is 10.0 Å². The van der Waals surface area contributed by atoms with E-state index in [2.05, 4.69) is 14.1 Å². The lowest BCUT2D eigenvalue weighted by molar-refractivity contribution is 1.40. The van der Waals surface area contributed by atoms with Crippen LogP contribution in [0, 0.1) is 0 Å². The number of aromatic nitrogens is 2. The summed E-state index contributed by atoms with van der Waals surface area (Å²) in [5.41, 5.74) is 1.41. The van der Waals surface area contributed by atoms with Crippen LogP contribution in [0.15, 0.2) is 18.2 Å². The largest absolute Gasteiger partial charge is 0.370 e. The highest BCUT2D eigenvalue weighted by Gasteiger charge is 2.15. The van der Waals surface area contributed by atoms with Gasteiger partial charge in [-0.25, -0.2) is 0 Å². The zero-order valence-electron chi connectivity index (χ0n) is 7.79. The van der Waals surface area contributed by atoms with Gasteiger partial charge in [0.1, 0.15) is 5.69 Å². The molecule has 0 aliphatic rings. The molecule has 0 atom stereocenters. The Morgan fingerprint density at radius 2 is 1.87 bits per heavy atom. The van der Waals surface area contributed by atoms with E-state index in [9.17, 15) is 0 Å². The lowest BCUT2D eigenvalue weighted by Gasteiger charge is -2.04. The molecule has 1 heterocycles. The molecule has 0 bridgehead atoms. The highest BCUT2D eigenvalue weighted by atomic mass is 35.5. The van der Waals surface area contributed by atoms with E-state index in [1.807, 2.05) is 0 Å². The molecule has 0 saturated carbocycles. The maximum Gasteiger partial charge on any atom is 0.167 e. The molecule has 0 fully saturated rings. The Bertz CT molecular complexity index is 464. The lowest BCUT2D eigenvalue weighted by atomic mass is 10.1. The summed E-state index contributed by atoms with van der Waals surface area (Å²) in [4.78, 5) is 0. The summed E-state index contributed by atoms with van der Waals surface area (Å²) in [7, 11) is 1.78. The van der Waals surface area contributed by atoms with E-state index in [0.717, 1.165) is 17.3 Å². The van der Waals surface area contributed by atoms with Crippen LogP contribution in [0.5, 0.6) is 0 Å². The molecule has 6 heteroatoms. The Kier molecular flexibility index (Phi) is 3.09. The van der Waals surface area contributed by atoms with Crippen LogP contribution in [-0.4, -0.2) is 15.8 Å². The van der Waals surface area contributed by atoms with Crippen molar-refractivity contribution in [2.45, 2.75) is 0 Å². The fraction of sp³-hybridized carbons (Fsp3) is 0.111. The second-order valence-corrected chi connectivity index (χ2v) is 4.15. The fourth-order valence-electron chi connectivity index (χ4n) is 1.24. The molecule has 1 aromatic carbocycles. The molecule has 0 spiro atoms. The average molecular weight is 260 g/mol. The van der Waals surface area contributed by atoms with Crippen molar-refractivity contribution in [1.82, 2.24) is 8.75 Å². The minimum absolute atomic E-state index is 0.576. The Morgan fingerprint density at radius 1 is 1.20 bits per heavy atom. The van der Waals surface area contributed by atoms with Gasteiger partial charge in [0, 0.05) is 12.6 Å². The van der Waals surface area contributed by atoms with Crippen molar-refractivity contribution in [1.29, 1.82) is 0 Å². The third-order valence-electron chi connectivity index (χ3n) is 1.92. The van der Waals surface area contributed by atoms with Crippen molar-refractivity contribution in [3.63, 3.8) is 0 Å². The third kappa shape index (κ3) is 1.93. The summed E-state index contributed by atoms with van der Waals surface area (Å²) in [6, 6.07) is 5.36. The van der Waals surface area contributed by atoms with Crippen LogP contribution in [0.4, 0.5) is 5.82 Å². The van der Waals surface area contributed by atoms with Crippen LogP contribution in [0.25, 0.3) is 11.3 Å². The number of nitrogens with zero attached hydrogens (tertiary/aromatic N) is 2. The normalized spacial score (nSPS) is 10.3. The van der Waals surface area contributed by atoms with Gasteiger partial charge in [-0.3, -0.25) is 0 Å². The zero-order chi connectivity index (χ0) is 10.8. The van der Waals surface area contributed by atoms with Crippen LogP contribution in [0.3, 0.4) is 0 Å². The number of nitrogens with one attached hydrogen (secondary N) is 1. The second-order valence-electron chi connectivity index (χ2n) is 2.81. The van der Waals surface area contributed by atoms with E-state index >= 15 is 0 Å². The number of hydrogen-bond acceptors (Lipinski definition) is 4. The van der Waals surface area contributed by atoms with Crippen LogP contribution in [-0.2, 0) is 0 Å². The fourth-order valence-corrected chi connectivity index (χ4v) is 2.38. The van der Waals surface area contributed by atoms with Gasteiger partial charge < -0.3 is 5.32 Å². The van der Waals surface area contributed by atoms with Gasteiger partial charge in [0.2, 0.25) is 0 Å². The summed E-state index contributed by atoms with van der Waals surface area (Å²) in [5, 5.41) is 4.10. The van der Waals surface area contributed by atoms with E-state index < -0.39 is 0 Å². The average Bonchev–Trinajstić information content (AvgIpc) is 2.65. The maximum atomic E-state index is 6.07. The number of anilines is 1. The van der Waals surface area contributed by atoms with Crippen molar-refractivity contribution in [3.05, 3.63) is 28.2 Å². The highest BCUT2D eigenvalue weighted by molar-refractivity contribution is 6.99. The molecule has 2 aromatic rings. The number of halogens is 2. The first-order chi connectivity index (χ1) is 7.24. The summed E-state index contributed by atoms with van der Waals surface area (Å²) in [5.74, 6) is 0.690. The van der Waals surface area contributed by atoms with Crippen molar-refractivity contribution in [3.8, 4) is 11.3 Å². The van der Waals surface area contributed by atoms with Crippen molar-refractivity contribution >= 4 is 40.7 Å². The standard InChI is InChI=1S/C9H7Cl2N3S/c1-12-9-8(13-15-14-9)7-5(10)3-2-4-6(7)11/h2-4H,1H3,(H,12,14). The monoisotopic (exact) mass is 259 g/mol. The van der Waals surface area contributed by atoms with Gasteiger partial charge in [-0.15, -0.1) is 0 Å². The Balaban J connectivity index is 2.63. The lowest BCUT2D eigenvalue weighted by Crippen LogP contribution is -1.92. The Morgan fingerprint density at radius 3 is 2.47 bits per heavy atom. The van der Waals surface area contributed by atoms with E-state index in [4.69, 9.17) is 23.2 Å². The van der Waals surface area contributed by atoms with Gasteiger partial charge in [0.15, 0.2) is 5.82 Å². The molecule has 78 valence electrons. The van der Waals surface area contributed by atoms with E-state index in [1.54, 1.807) is 25.2 Å². The topological polar surface area (TPSA) is 37.8 Å². The molecule has 0 aliphatic heterocycles. The van der Waals surface area contributed by atoms with Gasteiger partial charge in [-0.2, -0.15) is 8.75 Å². The first-order valence-corrected chi connectivity index (χ1v) is 5.67. The van der Waals surface area contributed by atoms with Gasteiger partial charge >= 0.3 is 0 Å². The van der Waals surface area contributed by atoms with E-state index in [1.165, 1.54) is 0 Å². The molecule has 0 amide bonds. The summed E-state index contributed by atoms with van der Waals surface area (Å²) in [6.45, 7) is 0. The first-order valence-electron chi connectivity index (χ1n) is 4.18. The Labute approximate surface area is 101 Å². The number of rotatable bonds is 2. The van der Waals surface area contributed by atoms with Gasteiger partial charge in [0.25, 0.3) is 0 Å². The highest BCUT2D eigenvalue weighted by Crippen LogP contribution is 2.36. The minimum atomic E-state index is 0.576. The zero-order valence-corrected chi connectivity index (χ0v) is 10.1. The molecule has 0 radical (unpaired) electrons. The van der Waals surface area contributed by atoms with Gasteiger partial charge in [0.05, 0.1) is 21.8 Å². The molecule has 0 unspecified atom stereocenters. The SMILES string of the molecule is CNc1nsnc1-c1c(Cl)cccc1Cl. The van der Waals surface area contributed by atoms with E-state index in [0.29, 0.717) is 21.6 Å². The molecule has 0 aliphatic carbocycles. The van der Waals surface area contributed by atoms with Crippen LogP contribution >= 0.6 is 34.9 Å². The quantitative estimate of drug-likeness (QED) is 0.897. The third-order valence-corrected chi connectivity index (χ3v) is 3.08. The minimum Gasteiger partial charge on any atom is -0.370 e.